The largest absolute Gasteiger partial charge is 0.478 e. The Kier molecular flexibility index (Phi) is 3.25. The number of hydrogen-bond acceptors (Lipinski definition) is 4. The number of carboxylic acids is 1. The van der Waals surface area contributed by atoms with E-state index in [1.807, 2.05) is 17.5 Å². The van der Waals surface area contributed by atoms with Crippen LogP contribution in [0.25, 0.3) is 9.40 Å². The van der Waals surface area contributed by atoms with Gasteiger partial charge in [-0.15, -0.1) is 22.7 Å². The Morgan fingerprint density at radius 3 is 2.45 bits per heavy atom. The topological polar surface area (TPSA) is 66.4 Å². The maximum absolute atomic E-state index is 12.1. The van der Waals surface area contributed by atoms with Crippen LogP contribution in [0, 0.1) is 0 Å². The molecule has 0 atom stereocenters. The van der Waals surface area contributed by atoms with Crippen LogP contribution in [0.4, 0.5) is 5.69 Å². The van der Waals surface area contributed by atoms with E-state index in [0.29, 0.717) is 10.6 Å². The van der Waals surface area contributed by atoms with Gasteiger partial charge in [0.05, 0.1) is 10.4 Å². The summed E-state index contributed by atoms with van der Waals surface area (Å²) in [5.41, 5.74) is 0.774. The number of carboxylic acid groups (broad SMARTS) is 1. The number of rotatable bonds is 3. The van der Waals surface area contributed by atoms with Crippen molar-refractivity contribution in [2.24, 2.45) is 0 Å². The van der Waals surface area contributed by atoms with E-state index in [0.717, 1.165) is 9.40 Å². The number of thiophene rings is 2. The number of aromatic carboxylic acids is 1. The smallest absolute Gasteiger partial charge is 0.335 e. The fraction of sp³-hybridized carbons (Fsp3) is 0. The number of carbonyl (C=O) groups excluding carboxylic acids is 1. The third-order valence-corrected chi connectivity index (χ3v) is 4.85. The van der Waals surface area contributed by atoms with Crippen molar-refractivity contribution in [1.82, 2.24) is 0 Å². The molecule has 100 valence electrons. The molecule has 0 unspecified atom stereocenters. The third kappa shape index (κ3) is 2.43. The molecule has 0 spiro atoms. The van der Waals surface area contributed by atoms with Gasteiger partial charge in [0, 0.05) is 15.1 Å². The van der Waals surface area contributed by atoms with Crippen molar-refractivity contribution >= 4 is 49.6 Å². The lowest BCUT2D eigenvalue weighted by molar-refractivity contribution is 0.0696. The molecule has 2 heterocycles. The van der Waals surface area contributed by atoms with E-state index in [1.165, 1.54) is 23.5 Å². The zero-order valence-electron chi connectivity index (χ0n) is 10.1. The van der Waals surface area contributed by atoms with Crippen LogP contribution in [0.2, 0.25) is 0 Å². The molecule has 1 amide bonds. The molecule has 2 aromatic heterocycles. The Balaban J connectivity index is 1.78. The number of anilines is 1. The first-order chi connectivity index (χ1) is 9.63. The zero-order chi connectivity index (χ0) is 14.1. The average molecular weight is 303 g/mol. The quantitative estimate of drug-likeness (QED) is 0.771. The van der Waals surface area contributed by atoms with Gasteiger partial charge in [0.1, 0.15) is 0 Å². The fourth-order valence-electron chi connectivity index (χ4n) is 1.77. The molecule has 0 aliphatic rings. The van der Waals surface area contributed by atoms with E-state index < -0.39 is 5.97 Å². The molecule has 20 heavy (non-hydrogen) atoms. The molecule has 3 aromatic rings. The number of nitrogens with one attached hydrogen (secondary N) is 1. The molecule has 0 bridgehead atoms. The summed E-state index contributed by atoms with van der Waals surface area (Å²) in [4.78, 5) is 23.5. The molecular formula is C14H9NO3S2. The minimum Gasteiger partial charge on any atom is -0.478 e. The normalized spacial score (nSPS) is 10.6. The maximum Gasteiger partial charge on any atom is 0.335 e. The van der Waals surface area contributed by atoms with E-state index in [9.17, 15) is 9.59 Å². The second-order valence-corrected chi connectivity index (χ2v) is 6.13. The van der Waals surface area contributed by atoms with Gasteiger partial charge in [0.2, 0.25) is 0 Å². The summed E-state index contributed by atoms with van der Waals surface area (Å²) in [6.07, 6.45) is 0. The zero-order valence-corrected chi connectivity index (χ0v) is 11.8. The van der Waals surface area contributed by atoms with Crippen molar-refractivity contribution < 1.29 is 14.7 Å². The van der Waals surface area contributed by atoms with Gasteiger partial charge in [-0.1, -0.05) is 0 Å². The van der Waals surface area contributed by atoms with Gasteiger partial charge in [-0.2, -0.15) is 0 Å². The van der Waals surface area contributed by atoms with E-state index >= 15 is 0 Å². The first-order valence-corrected chi connectivity index (χ1v) is 7.45. The maximum atomic E-state index is 12.1. The number of amides is 1. The van der Waals surface area contributed by atoms with Crippen LogP contribution in [0.5, 0.6) is 0 Å². The highest BCUT2D eigenvalue weighted by molar-refractivity contribution is 7.27. The summed E-state index contributed by atoms with van der Waals surface area (Å²) < 4.78 is 2.20. The lowest BCUT2D eigenvalue weighted by Gasteiger charge is -2.03. The Morgan fingerprint density at radius 2 is 1.80 bits per heavy atom. The SMILES string of the molecule is O=C(O)c1ccc(NC(=O)c2cc3sccc3s2)cc1. The van der Waals surface area contributed by atoms with Crippen LogP contribution in [0.1, 0.15) is 20.0 Å². The van der Waals surface area contributed by atoms with Gasteiger partial charge < -0.3 is 10.4 Å². The highest BCUT2D eigenvalue weighted by Crippen LogP contribution is 2.30. The molecular weight excluding hydrogens is 294 g/mol. The first-order valence-electron chi connectivity index (χ1n) is 5.75. The summed E-state index contributed by atoms with van der Waals surface area (Å²) in [7, 11) is 0. The van der Waals surface area contributed by atoms with Crippen LogP contribution >= 0.6 is 22.7 Å². The van der Waals surface area contributed by atoms with Crippen molar-refractivity contribution in [1.29, 1.82) is 0 Å². The molecule has 1 aromatic carbocycles. The van der Waals surface area contributed by atoms with Crippen LogP contribution < -0.4 is 5.32 Å². The van der Waals surface area contributed by atoms with Gasteiger partial charge in [0.15, 0.2) is 0 Å². The molecule has 0 fully saturated rings. The standard InChI is InChI=1S/C14H9NO3S2/c16-13(12-7-11-10(20-12)5-6-19-11)15-9-3-1-8(2-4-9)14(17)18/h1-7H,(H,15,16)(H,17,18). The number of benzene rings is 1. The molecule has 0 aliphatic heterocycles. The summed E-state index contributed by atoms with van der Waals surface area (Å²) in [6, 6.07) is 9.94. The van der Waals surface area contributed by atoms with Gasteiger partial charge in [-0.3, -0.25) is 4.79 Å². The predicted molar refractivity (Wildman–Crippen MR) is 81.1 cm³/mol. The van der Waals surface area contributed by atoms with Crippen molar-refractivity contribution in [2.45, 2.75) is 0 Å². The van der Waals surface area contributed by atoms with Crippen LogP contribution in [0.3, 0.4) is 0 Å². The number of hydrogen-bond donors (Lipinski definition) is 2. The lowest BCUT2D eigenvalue weighted by atomic mass is 10.2. The Hall–Kier alpha value is -2.18. The Morgan fingerprint density at radius 1 is 1.05 bits per heavy atom. The molecule has 0 saturated heterocycles. The molecule has 0 aliphatic carbocycles. The second kappa shape index (κ2) is 5.07. The van der Waals surface area contributed by atoms with E-state index in [-0.39, 0.29) is 11.5 Å². The summed E-state index contributed by atoms with van der Waals surface area (Å²) in [6.45, 7) is 0. The first kappa shape index (κ1) is 12.8. The summed E-state index contributed by atoms with van der Waals surface area (Å²) >= 11 is 3.05. The predicted octanol–water partition coefficient (Wildman–Crippen LogP) is 3.91. The minimum atomic E-state index is -0.985. The van der Waals surface area contributed by atoms with E-state index in [4.69, 9.17) is 5.11 Å². The van der Waals surface area contributed by atoms with Crippen LogP contribution in [-0.4, -0.2) is 17.0 Å². The number of fused-ring (bicyclic) bond motifs is 1. The number of carbonyl (C=O) groups is 2. The van der Waals surface area contributed by atoms with Gasteiger partial charge >= 0.3 is 5.97 Å². The minimum absolute atomic E-state index is 0.179. The lowest BCUT2D eigenvalue weighted by Crippen LogP contribution is -2.10. The monoisotopic (exact) mass is 303 g/mol. The van der Waals surface area contributed by atoms with E-state index in [1.54, 1.807) is 23.5 Å². The molecule has 2 N–H and O–H groups in total. The highest BCUT2D eigenvalue weighted by atomic mass is 32.1. The second-order valence-electron chi connectivity index (χ2n) is 4.10. The van der Waals surface area contributed by atoms with Crippen LogP contribution in [-0.2, 0) is 0 Å². The summed E-state index contributed by atoms with van der Waals surface area (Å²) in [5, 5.41) is 13.6. The molecule has 4 nitrogen and oxygen atoms in total. The molecule has 0 saturated carbocycles. The molecule has 0 radical (unpaired) electrons. The van der Waals surface area contributed by atoms with Crippen LogP contribution in [0.15, 0.2) is 41.8 Å². The molecule has 6 heteroatoms. The summed E-state index contributed by atoms with van der Waals surface area (Å²) in [5.74, 6) is -1.16. The fourth-order valence-corrected chi connectivity index (χ4v) is 3.77. The van der Waals surface area contributed by atoms with Crippen molar-refractivity contribution in [3.63, 3.8) is 0 Å². The Bertz CT molecular complexity index is 758. The van der Waals surface area contributed by atoms with Gasteiger partial charge in [0.25, 0.3) is 5.91 Å². The Labute approximate surface area is 122 Å². The van der Waals surface area contributed by atoms with Gasteiger partial charge in [-0.25, -0.2) is 4.79 Å². The van der Waals surface area contributed by atoms with Crippen molar-refractivity contribution in [3.05, 3.63) is 52.2 Å². The third-order valence-electron chi connectivity index (χ3n) is 2.75. The van der Waals surface area contributed by atoms with Crippen molar-refractivity contribution in [3.8, 4) is 0 Å². The van der Waals surface area contributed by atoms with E-state index in [2.05, 4.69) is 5.32 Å². The highest BCUT2D eigenvalue weighted by Gasteiger charge is 2.11. The van der Waals surface area contributed by atoms with Crippen molar-refractivity contribution in [2.75, 3.05) is 5.32 Å². The van der Waals surface area contributed by atoms with Gasteiger partial charge in [-0.05, 0) is 41.8 Å². The molecule has 3 rings (SSSR count). The average Bonchev–Trinajstić information content (AvgIpc) is 2.99.